The van der Waals surface area contributed by atoms with Gasteiger partial charge in [0.2, 0.25) is 0 Å². The van der Waals surface area contributed by atoms with E-state index in [9.17, 15) is 8.42 Å². The Labute approximate surface area is 111 Å². The highest BCUT2D eigenvalue weighted by atomic mass is 127. The predicted octanol–water partition coefficient (Wildman–Crippen LogP) is 2.42. The lowest BCUT2D eigenvalue weighted by atomic mass is 9.83. The van der Waals surface area contributed by atoms with E-state index in [1.165, 1.54) is 19.3 Å². The first kappa shape index (κ1) is 13.0. The fourth-order valence-electron chi connectivity index (χ4n) is 2.54. The van der Waals surface area contributed by atoms with Gasteiger partial charge >= 0.3 is 10.4 Å². The van der Waals surface area contributed by atoms with Gasteiger partial charge in [-0.1, -0.05) is 41.9 Å². The van der Waals surface area contributed by atoms with Crippen LogP contribution in [0, 0.1) is 5.92 Å². The van der Waals surface area contributed by atoms with Crippen LogP contribution < -0.4 is 0 Å². The van der Waals surface area contributed by atoms with Crippen LogP contribution in [0.4, 0.5) is 0 Å². The zero-order chi connectivity index (χ0) is 11.6. The molecule has 0 aromatic heterocycles. The molecule has 0 N–H and O–H groups in total. The van der Waals surface area contributed by atoms with Crippen LogP contribution in [0.2, 0.25) is 0 Å². The van der Waals surface area contributed by atoms with Crippen molar-refractivity contribution < 1.29 is 16.8 Å². The molecule has 2 fully saturated rings. The van der Waals surface area contributed by atoms with Gasteiger partial charge in [0.15, 0.2) is 0 Å². The van der Waals surface area contributed by atoms with E-state index in [1.807, 2.05) is 0 Å². The van der Waals surface area contributed by atoms with Crippen molar-refractivity contribution in [1.29, 1.82) is 0 Å². The summed E-state index contributed by atoms with van der Waals surface area (Å²) in [5.74, 6) is 0.401. The fraction of sp³-hybridized carbons (Fsp3) is 1.00. The molecule has 4 nitrogen and oxygen atoms in total. The lowest BCUT2D eigenvalue weighted by Gasteiger charge is -2.34. The Morgan fingerprint density at radius 1 is 1.12 bits per heavy atom. The van der Waals surface area contributed by atoms with Crippen LogP contribution in [0.25, 0.3) is 0 Å². The molecule has 0 aromatic carbocycles. The van der Waals surface area contributed by atoms with E-state index in [0.29, 0.717) is 16.8 Å². The summed E-state index contributed by atoms with van der Waals surface area (Å²) in [7, 11) is -3.75. The highest BCUT2D eigenvalue weighted by Crippen LogP contribution is 2.34. The normalized spacial score (nSPS) is 36.1. The van der Waals surface area contributed by atoms with Gasteiger partial charge in [0.1, 0.15) is 0 Å². The highest BCUT2D eigenvalue weighted by molar-refractivity contribution is 14.1. The van der Waals surface area contributed by atoms with Gasteiger partial charge in [0.25, 0.3) is 0 Å². The molecule has 16 heavy (non-hydrogen) atoms. The number of halogens is 1. The third-order valence-electron chi connectivity index (χ3n) is 3.34. The van der Waals surface area contributed by atoms with Crippen LogP contribution >= 0.6 is 22.6 Å². The minimum absolute atomic E-state index is 0.154. The monoisotopic (exact) mass is 360 g/mol. The molecule has 0 bridgehead atoms. The quantitative estimate of drug-likeness (QED) is 0.561. The zero-order valence-electron chi connectivity index (χ0n) is 9.10. The first-order valence-electron chi connectivity index (χ1n) is 5.78. The van der Waals surface area contributed by atoms with Gasteiger partial charge in [-0.2, -0.15) is 8.42 Å². The molecule has 0 amide bonds. The molecule has 1 saturated carbocycles. The second-order valence-corrected chi connectivity index (χ2v) is 6.63. The third-order valence-corrected chi connectivity index (χ3v) is 5.31. The molecule has 2 aliphatic rings. The van der Waals surface area contributed by atoms with E-state index in [2.05, 4.69) is 22.6 Å². The van der Waals surface area contributed by atoms with Gasteiger partial charge in [-0.15, -0.1) is 0 Å². The average Bonchev–Trinajstić information content (AvgIpc) is 2.28. The average molecular weight is 360 g/mol. The summed E-state index contributed by atoms with van der Waals surface area (Å²) < 4.78 is 33.5. The van der Waals surface area contributed by atoms with Crippen molar-refractivity contribution >= 4 is 33.0 Å². The molecule has 1 aliphatic carbocycles. The Morgan fingerprint density at radius 2 is 1.81 bits per heavy atom. The van der Waals surface area contributed by atoms with Crippen molar-refractivity contribution in [3.05, 3.63) is 0 Å². The van der Waals surface area contributed by atoms with Gasteiger partial charge in [0, 0.05) is 10.8 Å². The molecular formula is C10H17IO4S. The molecule has 1 saturated heterocycles. The first-order chi connectivity index (χ1) is 7.61. The van der Waals surface area contributed by atoms with Crippen LogP contribution in [-0.2, 0) is 18.8 Å². The predicted molar refractivity (Wildman–Crippen MR) is 68.7 cm³/mol. The van der Waals surface area contributed by atoms with Gasteiger partial charge < -0.3 is 0 Å². The molecule has 94 valence electrons. The first-order valence-corrected chi connectivity index (χ1v) is 8.64. The molecule has 0 spiro atoms. The Morgan fingerprint density at radius 3 is 2.44 bits per heavy atom. The topological polar surface area (TPSA) is 52.6 Å². The summed E-state index contributed by atoms with van der Waals surface area (Å²) in [4.78, 5) is 0. The number of alkyl halides is 1. The summed E-state index contributed by atoms with van der Waals surface area (Å²) in [6, 6.07) is 0. The van der Waals surface area contributed by atoms with Crippen LogP contribution in [0.3, 0.4) is 0 Å². The van der Waals surface area contributed by atoms with Crippen LogP contribution in [-0.4, -0.2) is 25.1 Å². The standard InChI is InChI=1S/C10H17IO4S/c11-7-9-6-10(15-16(12,13)14-9)8-4-2-1-3-5-8/h8-10H,1-7H2/t9-,10+/m0/s1. The van der Waals surface area contributed by atoms with E-state index in [0.717, 1.165) is 12.8 Å². The van der Waals surface area contributed by atoms with Crippen molar-refractivity contribution in [3.8, 4) is 0 Å². The van der Waals surface area contributed by atoms with Gasteiger partial charge in [-0.25, -0.2) is 8.37 Å². The second kappa shape index (κ2) is 5.49. The van der Waals surface area contributed by atoms with E-state index in [-0.39, 0.29) is 12.2 Å². The van der Waals surface area contributed by atoms with Crippen molar-refractivity contribution in [2.45, 2.75) is 50.7 Å². The highest BCUT2D eigenvalue weighted by Gasteiger charge is 2.37. The maximum Gasteiger partial charge on any atom is 0.400 e. The van der Waals surface area contributed by atoms with Crippen LogP contribution in [0.15, 0.2) is 0 Å². The van der Waals surface area contributed by atoms with Crippen molar-refractivity contribution in [3.63, 3.8) is 0 Å². The maximum atomic E-state index is 11.4. The van der Waals surface area contributed by atoms with E-state index in [1.54, 1.807) is 0 Å². The SMILES string of the molecule is O=S1(=O)O[C@H](CI)C[C@H](C2CCCCC2)O1. The summed E-state index contributed by atoms with van der Waals surface area (Å²) >= 11 is 2.16. The minimum atomic E-state index is -3.75. The molecule has 1 aliphatic heterocycles. The van der Waals surface area contributed by atoms with E-state index in [4.69, 9.17) is 8.37 Å². The Hall–Kier alpha value is 0.600. The third kappa shape index (κ3) is 3.30. The second-order valence-electron chi connectivity index (χ2n) is 4.55. The number of hydrogen-bond donors (Lipinski definition) is 0. The minimum Gasteiger partial charge on any atom is -0.244 e. The van der Waals surface area contributed by atoms with Crippen molar-refractivity contribution in [2.75, 3.05) is 4.43 Å². The van der Waals surface area contributed by atoms with Crippen LogP contribution in [0.1, 0.15) is 38.5 Å². The van der Waals surface area contributed by atoms with E-state index < -0.39 is 10.4 Å². The lowest BCUT2D eigenvalue weighted by Crippen LogP contribution is -2.40. The Kier molecular flexibility index (Phi) is 4.48. The van der Waals surface area contributed by atoms with Gasteiger partial charge in [0.05, 0.1) is 12.2 Å². The molecule has 6 heteroatoms. The molecule has 0 unspecified atom stereocenters. The fourth-order valence-corrected chi connectivity index (χ4v) is 4.39. The Bertz CT molecular complexity index is 324. The summed E-state index contributed by atoms with van der Waals surface area (Å²) in [6.07, 6.45) is 6.20. The lowest BCUT2D eigenvalue weighted by molar-refractivity contribution is 0.0113. The Balaban J connectivity index is 2.03. The van der Waals surface area contributed by atoms with Crippen LogP contribution in [0.5, 0.6) is 0 Å². The number of hydrogen-bond acceptors (Lipinski definition) is 4. The van der Waals surface area contributed by atoms with E-state index >= 15 is 0 Å². The number of rotatable bonds is 2. The summed E-state index contributed by atoms with van der Waals surface area (Å²) in [6.45, 7) is 0. The maximum absolute atomic E-state index is 11.4. The largest absolute Gasteiger partial charge is 0.400 e. The molecule has 0 aromatic rings. The molecule has 2 atom stereocenters. The molecule has 0 radical (unpaired) electrons. The molecule has 1 heterocycles. The molecular weight excluding hydrogens is 343 g/mol. The summed E-state index contributed by atoms with van der Waals surface area (Å²) in [5.41, 5.74) is 0. The smallest absolute Gasteiger partial charge is 0.244 e. The summed E-state index contributed by atoms with van der Waals surface area (Å²) in [5, 5.41) is 0. The van der Waals surface area contributed by atoms with Gasteiger partial charge in [-0.3, -0.25) is 0 Å². The van der Waals surface area contributed by atoms with Gasteiger partial charge in [-0.05, 0) is 18.8 Å². The van der Waals surface area contributed by atoms with Crippen molar-refractivity contribution in [2.24, 2.45) is 5.92 Å². The van der Waals surface area contributed by atoms with Crippen molar-refractivity contribution in [1.82, 2.24) is 0 Å². The molecule has 2 rings (SSSR count). The zero-order valence-corrected chi connectivity index (χ0v) is 12.1.